The molecule has 1 aliphatic rings. The summed E-state index contributed by atoms with van der Waals surface area (Å²) in [7, 11) is 0. The quantitative estimate of drug-likeness (QED) is 0.504. The zero-order valence-corrected chi connectivity index (χ0v) is 15.5. The van der Waals surface area contributed by atoms with Crippen molar-refractivity contribution in [3.8, 4) is 5.75 Å². The summed E-state index contributed by atoms with van der Waals surface area (Å²) in [4.78, 5) is 30.7. The predicted octanol–water partition coefficient (Wildman–Crippen LogP) is 2.94. The third-order valence-corrected chi connectivity index (χ3v) is 5.15. The van der Waals surface area contributed by atoms with Crippen LogP contribution in [0.5, 0.6) is 5.75 Å². The van der Waals surface area contributed by atoms with Crippen LogP contribution in [0, 0.1) is 0 Å². The largest absolute Gasteiger partial charge is 0.494 e. The molecule has 2 aromatic carbocycles. The number of nitrogens with one attached hydrogen (secondary N) is 2. The second-order valence-corrected chi connectivity index (χ2v) is 7.04. The second kappa shape index (κ2) is 7.34. The first kappa shape index (κ1) is 17.4. The zero-order chi connectivity index (χ0) is 18.8. The molecular formula is C19H18N4O3S. The Bertz CT molecular complexity index is 953. The van der Waals surface area contributed by atoms with Gasteiger partial charge in [0.25, 0.3) is 5.91 Å². The van der Waals surface area contributed by atoms with Gasteiger partial charge in [0.05, 0.1) is 28.9 Å². The van der Waals surface area contributed by atoms with Crippen molar-refractivity contribution in [2.24, 2.45) is 0 Å². The number of hydrogen-bond acceptors (Lipinski definition) is 7. The van der Waals surface area contributed by atoms with Gasteiger partial charge in [-0.1, -0.05) is 23.5 Å². The third-order valence-electron chi connectivity index (χ3n) is 4.20. The van der Waals surface area contributed by atoms with Crippen LogP contribution >= 0.6 is 11.3 Å². The fourth-order valence-corrected chi connectivity index (χ4v) is 3.78. The number of anilines is 2. The monoisotopic (exact) mass is 382 g/mol. The minimum absolute atomic E-state index is 0.0872. The molecule has 2 heterocycles. The van der Waals surface area contributed by atoms with Gasteiger partial charge < -0.3 is 4.74 Å². The van der Waals surface area contributed by atoms with Crippen molar-refractivity contribution in [3.05, 3.63) is 48.5 Å². The lowest BCUT2D eigenvalue weighted by Gasteiger charge is -2.16. The molecule has 2 amide bonds. The molecule has 1 aromatic heterocycles. The van der Waals surface area contributed by atoms with E-state index in [2.05, 4.69) is 15.8 Å². The molecule has 27 heavy (non-hydrogen) atoms. The van der Waals surface area contributed by atoms with Gasteiger partial charge in [-0.2, -0.15) is 0 Å². The van der Waals surface area contributed by atoms with Gasteiger partial charge in [-0.25, -0.2) is 15.3 Å². The van der Waals surface area contributed by atoms with E-state index in [1.165, 1.54) is 16.2 Å². The van der Waals surface area contributed by atoms with E-state index in [0.29, 0.717) is 23.2 Å². The maximum atomic E-state index is 12.7. The van der Waals surface area contributed by atoms with Crippen LogP contribution in [0.25, 0.3) is 10.2 Å². The number of hydrazine groups is 1. The fraction of sp³-hybridized carbons (Fsp3) is 0.211. The van der Waals surface area contributed by atoms with E-state index in [4.69, 9.17) is 4.74 Å². The highest BCUT2D eigenvalue weighted by Gasteiger charge is 2.39. The predicted molar refractivity (Wildman–Crippen MR) is 105 cm³/mol. The highest BCUT2D eigenvalue weighted by molar-refractivity contribution is 7.22. The number of rotatable bonds is 6. The lowest BCUT2D eigenvalue weighted by Crippen LogP contribution is -2.41. The summed E-state index contributed by atoms with van der Waals surface area (Å²) >= 11 is 1.48. The number of ether oxygens (including phenoxy) is 1. The van der Waals surface area contributed by atoms with Gasteiger partial charge in [0.15, 0.2) is 5.13 Å². The smallest absolute Gasteiger partial charge is 0.253 e. The van der Waals surface area contributed by atoms with Crippen LogP contribution in [0.4, 0.5) is 10.8 Å². The summed E-state index contributed by atoms with van der Waals surface area (Å²) in [6, 6.07) is 14.1. The standard InChI is InChI=1S/C19H18N4O3S/c1-2-26-13-9-7-12(8-10-13)23-17(24)11-15(18(23)25)21-22-19-20-14-5-3-4-6-16(14)27-19/h3-10,15,21H,2,11H2,1H3,(H,20,22)/t15-/m1/s1. The van der Waals surface area contributed by atoms with Gasteiger partial charge in [0.1, 0.15) is 11.8 Å². The molecule has 1 saturated heterocycles. The summed E-state index contributed by atoms with van der Waals surface area (Å²) in [6.45, 7) is 2.46. The van der Waals surface area contributed by atoms with Crippen molar-refractivity contribution in [3.63, 3.8) is 0 Å². The Labute approximate surface area is 159 Å². The molecule has 7 nitrogen and oxygen atoms in total. The molecular weight excluding hydrogens is 364 g/mol. The van der Waals surface area contributed by atoms with Crippen molar-refractivity contribution in [1.29, 1.82) is 0 Å². The number of thiazole rings is 1. The number of imide groups is 1. The number of benzene rings is 2. The lowest BCUT2D eigenvalue weighted by molar-refractivity contribution is -0.121. The Kier molecular flexibility index (Phi) is 4.74. The SMILES string of the molecule is CCOc1ccc(N2C(=O)C[C@@H](NNc3nc4ccccc4s3)C2=O)cc1. The maximum absolute atomic E-state index is 12.7. The van der Waals surface area contributed by atoms with Gasteiger partial charge >= 0.3 is 0 Å². The molecule has 0 saturated carbocycles. The van der Waals surface area contributed by atoms with Gasteiger partial charge in [-0.05, 0) is 43.3 Å². The van der Waals surface area contributed by atoms with Gasteiger partial charge in [-0.3, -0.25) is 15.0 Å². The van der Waals surface area contributed by atoms with E-state index in [-0.39, 0.29) is 18.2 Å². The lowest BCUT2D eigenvalue weighted by atomic mass is 10.2. The van der Waals surface area contributed by atoms with E-state index in [0.717, 1.165) is 10.2 Å². The number of hydrogen-bond donors (Lipinski definition) is 2. The summed E-state index contributed by atoms with van der Waals surface area (Å²) in [6.07, 6.45) is 0.0872. The average molecular weight is 382 g/mol. The fourth-order valence-electron chi connectivity index (χ4n) is 2.95. The molecule has 1 atom stereocenters. The van der Waals surface area contributed by atoms with Crippen molar-refractivity contribution in [2.45, 2.75) is 19.4 Å². The Morgan fingerprint density at radius 1 is 1.19 bits per heavy atom. The van der Waals surface area contributed by atoms with E-state index in [1.807, 2.05) is 31.2 Å². The molecule has 2 N–H and O–H groups in total. The van der Waals surface area contributed by atoms with Crippen molar-refractivity contribution in [2.75, 3.05) is 16.9 Å². The number of fused-ring (bicyclic) bond motifs is 1. The average Bonchev–Trinajstić information content (AvgIpc) is 3.21. The molecule has 0 radical (unpaired) electrons. The van der Waals surface area contributed by atoms with E-state index in [9.17, 15) is 9.59 Å². The first-order valence-electron chi connectivity index (χ1n) is 8.62. The minimum atomic E-state index is -0.643. The van der Waals surface area contributed by atoms with Crippen LogP contribution in [-0.2, 0) is 9.59 Å². The van der Waals surface area contributed by atoms with Crippen LogP contribution in [0.3, 0.4) is 0 Å². The second-order valence-electron chi connectivity index (χ2n) is 6.01. The van der Waals surface area contributed by atoms with Crippen LogP contribution in [-0.4, -0.2) is 29.4 Å². The molecule has 1 aliphatic heterocycles. The van der Waals surface area contributed by atoms with Gasteiger partial charge in [0.2, 0.25) is 5.91 Å². The molecule has 138 valence electrons. The third kappa shape index (κ3) is 3.49. The zero-order valence-electron chi connectivity index (χ0n) is 14.6. The molecule has 8 heteroatoms. The summed E-state index contributed by atoms with van der Waals surface area (Å²) in [5, 5.41) is 0.649. The normalized spacial score (nSPS) is 16.9. The van der Waals surface area contributed by atoms with Crippen molar-refractivity contribution < 1.29 is 14.3 Å². The number of carbonyl (C=O) groups is 2. The molecule has 0 unspecified atom stereocenters. The Morgan fingerprint density at radius 3 is 2.70 bits per heavy atom. The van der Waals surface area contributed by atoms with E-state index >= 15 is 0 Å². The summed E-state index contributed by atoms with van der Waals surface area (Å²) in [5.74, 6) is 0.165. The van der Waals surface area contributed by atoms with Crippen molar-refractivity contribution >= 4 is 44.2 Å². The molecule has 4 rings (SSSR count). The highest BCUT2D eigenvalue weighted by atomic mass is 32.1. The summed E-state index contributed by atoms with van der Waals surface area (Å²) < 4.78 is 6.44. The Morgan fingerprint density at radius 2 is 1.96 bits per heavy atom. The van der Waals surface area contributed by atoms with Gasteiger partial charge in [-0.15, -0.1) is 0 Å². The van der Waals surface area contributed by atoms with E-state index < -0.39 is 6.04 Å². The number of amides is 2. The van der Waals surface area contributed by atoms with Crippen LogP contribution in [0.2, 0.25) is 0 Å². The van der Waals surface area contributed by atoms with E-state index in [1.54, 1.807) is 24.3 Å². The molecule has 1 fully saturated rings. The molecule has 0 spiro atoms. The topological polar surface area (TPSA) is 83.6 Å². The Hall–Kier alpha value is -2.97. The van der Waals surface area contributed by atoms with Gasteiger partial charge in [0, 0.05) is 0 Å². The first-order valence-corrected chi connectivity index (χ1v) is 9.44. The van der Waals surface area contributed by atoms with Crippen molar-refractivity contribution in [1.82, 2.24) is 10.4 Å². The van der Waals surface area contributed by atoms with Crippen LogP contribution in [0.15, 0.2) is 48.5 Å². The minimum Gasteiger partial charge on any atom is -0.494 e. The number of nitrogens with zero attached hydrogens (tertiary/aromatic N) is 2. The number of carbonyl (C=O) groups excluding carboxylic acids is 2. The van der Waals surface area contributed by atoms with Crippen LogP contribution in [0.1, 0.15) is 13.3 Å². The molecule has 3 aromatic rings. The Balaban J connectivity index is 1.44. The first-order chi connectivity index (χ1) is 13.2. The molecule has 0 aliphatic carbocycles. The number of para-hydroxylation sites is 1. The maximum Gasteiger partial charge on any atom is 0.253 e. The number of aromatic nitrogens is 1. The highest BCUT2D eigenvalue weighted by Crippen LogP contribution is 2.27. The summed E-state index contributed by atoms with van der Waals surface area (Å²) in [5.41, 5.74) is 7.32. The van der Waals surface area contributed by atoms with Crippen LogP contribution < -0.4 is 20.5 Å². The molecule has 0 bridgehead atoms.